The van der Waals surface area contributed by atoms with Gasteiger partial charge in [0.05, 0.1) is 12.8 Å². The van der Waals surface area contributed by atoms with E-state index in [1.165, 1.54) is 0 Å². The molecule has 5 nitrogen and oxygen atoms in total. The Balaban J connectivity index is 1.93. The molecule has 1 saturated heterocycles. The SMILES string of the molecule is COc1ccc(-c2ccccc2)c(N/N=C2/CCCNC2=O)c1. The van der Waals surface area contributed by atoms with Gasteiger partial charge in [-0.15, -0.1) is 0 Å². The van der Waals surface area contributed by atoms with E-state index < -0.39 is 0 Å². The summed E-state index contributed by atoms with van der Waals surface area (Å²) < 4.78 is 5.29. The summed E-state index contributed by atoms with van der Waals surface area (Å²) in [5, 5.41) is 7.10. The highest BCUT2D eigenvalue weighted by atomic mass is 16.5. The number of methoxy groups -OCH3 is 1. The smallest absolute Gasteiger partial charge is 0.267 e. The number of hydrogen-bond donors (Lipinski definition) is 2. The fraction of sp³-hybridized carbons (Fsp3) is 0.222. The van der Waals surface area contributed by atoms with Crippen molar-refractivity contribution < 1.29 is 9.53 Å². The lowest BCUT2D eigenvalue weighted by Crippen LogP contribution is -2.37. The zero-order valence-corrected chi connectivity index (χ0v) is 13.0. The first-order valence-corrected chi connectivity index (χ1v) is 7.62. The maximum atomic E-state index is 11.8. The standard InChI is InChI=1S/C18H19N3O2/c1-23-14-9-10-15(13-6-3-2-4-7-13)17(12-14)21-20-16-8-5-11-19-18(16)22/h2-4,6-7,9-10,12,21H,5,8,11H2,1H3,(H,19,22)/b20-16-. The number of nitrogens with one attached hydrogen (secondary N) is 2. The van der Waals surface area contributed by atoms with E-state index in [2.05, 4.69) is 15.8 Å². The lowest BCUT2D eigenvalue weighted by molar-refractivity contribution is -0.115. The van der Waals surface area contributed by atoms with Gasteiger partial charge in [0.1, 0.15) is 11.5 Å². The third kappa shape index (κ3) is 3.51. The summed E-state index contributed by atoms with van der Waals surface area (Å²) in [6.45, 7) is 0.715. The van der Waals surface area contributed by atoms with Gasteiger partial charge in [-0.3, -0.25) is 10.2 Å². The number of carbonyl (C=O) groups excluding carboxylic acids is 1. The highest BCUT2D eigenvalue weighted by Gasteiger charge is 2.16. The quantitative estimate of drug-likeness (QED) is 0.853. The van der Waals surface area contributed by atoms with Crippen LogP contribution in [-0.4, -0.2) is 25.3 Å². The fourth-order valence-electron chi connectivity index (χ4n) is 2.52. The number of ether oxygens (including phenoxy) is 1. The molecule has 0 saturated carbocycles. The van der Waals surface area contributed by atoms with E-state index in [1.807, 2.05) is 48.5 Å². The number of nitrogens with zero attached hydrogens (tertiary/aromatic N) is 1. The minimum absolute atomic E-state index is 0.104. The topological polar surface area (TPSA) is 62.7 Å². The van der Waals surface area contributed by atoms with E-state index in [0.717, 1.165) is 29.0 Å². The first-order valence-electron chi connectivity index (χ1n) is 7.62. The second-order valence-corrected chi connectivity index (χ2v) is 5.31. The van der Waals surface area contributed by atoms with Crippen LogP contribution in [0.1, 0.15) is 12.8 Å². The summed E-state index contributed by atoms with van der Waals surface area (Å²) in [5.41, 5.74) is 6.45. The van der Waals surface area contributed by atoms with E-state index in [0.29, 0.717) is 18.7 Å². The molecule has 0 bridgehead atoms. The molecule has 0 aliphatic carbocycles. The third-order valence-corrected chi connectivity index (χ3v) is 3.76. The second kappa shape index (κ2) is 6.96. The van der Waals surface area contributed by atoms with E-state index in [4.69, 9.17) is 4.74 Å². The van der Waals surface area contributed by atoms with Gasteiger partial charge in [-0.05, 0) is 30.5 Å². The van der Waals surface area contributed by atoms with Crippen LogP contribution in [0.15, 0.2) is 53.6 Å². The molecular formula is C18H19N3O2. The Bertz CT molecular complexity index is 726. The molecule has 23 heavy (non-hydrogen) atoms. The van der Waals surface area contributed by atoms with Crippen molar-refractivity contribution in [2.45, 2.75) is 12.8 Å². The van der Waals surface area contributed by atoms with Crippen LogP contribution < -0.4 is 15.5 Å². The van der Waals surface area contributed by atoms with Crippen molar-refractivity contribution in [2.24, 2.45) is 5.10 Å². The van der Waals surface area contributed by atoms with E-state index in [-0.39, 0.29) is 5.91 Å². The first-order chi connectivity index (χ1) is 11.3. The van der Waals surface area contributed by atoms with Crippen molar-refractivity contribution in [2.75, 3.05) is 19.1 Å². The number of carbonyl (C=O) groups is 1. The largest absolute Gasteiger partial charge is 0.497 e. The van der Waals surface area contributed by atoms with Crippen molar-refractivity contribution in [1.82, 2.24) is 5.32 Å². The van der Waals surface area contributed by atoms with Crippen LogP contribution in [0.4, 0.5) is 5.69 Å². The number of hydrogen-bond acceptors (Lipinski definition) is 4. The minimum atomic E-state index is -0.104. The molecule has 1 heterocycles. The van der Waals surface area contributed by atoms with Crippen LogP contribution in [0, 0.1) is 0 Å². The summed E-state index contributed by atoms with van der Waals surface area (Å²) in [6.07, 6.45) is 1.60. The Morgan fingerprint density at radius 3 is 2.74 bits per heavy atom. The molecule has 0 atom stereocenters. The minimum Gasteiger partial charge on any atom is -0.497 e. The number of benzene rings is 2. The number of amides is 1. The number of piperidine rings is 1. The van der Waals surface area contributed by atoms with Gasteiger partial charge in [-0.2, -0.15) is 5.10 Å². The lowest BCUT2D eigenvalue weighted by Gasteiger charge is -2.15. The molecule has 0 radical (unpaired) electrons. The maximum absolute atomic E-state index is 11.8. The molecule has 1 aliphatic heterocycles. The average Bonchev–Trinajstić information content (AvgIpc) is 2.61. The third-order valence-electron chi connectivity index (χ3n) is 3.76. The van der Waals surface area contributed by atoms with Crippen LogP contribution in [0.2, 0.25) is 0 Å². The van der Waals surface area contributed by atoms with Gasteiger partial charge in [0.15, 0.2) is 0 Å². The average molecular weight is 309 g/mol. The zero-order valence-electron chi connectivity index (χ0n) is 13.0. The Morgan fingerprint density at radius 2 is 2.00 bits per heavy atom. The summed E-state index contributed by atoms with van der Waals surface area (Å²) in [5.74, 6) is 0.633. The molecule has 0 unspecified atom stereocenters. The Kier molecular flexibility index (Phi) is 4.57. The molecule has 2 N–H and O–H groups in total. The van der Waals surface area contributed by atoms with Crippen LogP contribution >= 0.6 is 0 Å². The van der Waals surface area contributed by atoms with Crippen LogP contribution in [-0.2, 0) is 4.79 Å². The molecule has 118 valence electrons. The van der Waals surface area contributed by atoms with E-state index >= 15 is 0 Å². The molecule has 5 heteroatoms. The van der Waals surface area contributed by atoms with Crippen LogP contribution in [0.3, 0.4) is 0 Å². The highest BCUT2D eigenvalue weighted by molar-refractivity contribution is 6.39. The molecule has 1 amide bonds. The second-order valence-electron chi connectivity index (χ2n) is 5.31. The fourth-order valence-corrected chi connectivity index (χ4v) is 2.52. The zero-order chi connectivity index (χ0) is 16.1. The van der Waals surface area contributed by atoms with E-state index in [1.54, 1.807) is 7.11 Å². The predicted molar refractivity (Wildman–Crippen MR) is 91.7 cm³/mol. The van der Waals surface area contributed by atoms with Gasteiger partial charge in [-0.1, -0.05) is 30.3 Å². The van der Waals surface area contributed by atoms with E-state index in [9.17, 15) is 4.79 Å². The normalized spacial score (nSPS) is 16.0. The van der Waals surface area contributed by atoms with Gasteiger partial charge in [0.25, 0.3) is 5.91 Å². The molecule has 2 aromatic carbocycles. The van der Waals surface area contributed by atoms with Crippen molar-refractivity contribution in [3.8, 4) is 16.9 Å². The molecule has 2 aromatic rings. The predicted octanol–water partition coefficient (Wildman–Crippen LogP) is 3.04. The monoisotopic (exact) mass is 309 g/mol. The Morgan fingerprint density at radius 1 is 1.17 bits per heavy atom. The van der Waals surface area contributed by atoms with Crippen molar-refractivity contribution in [1.29, 1.82) is 0 Å². The van der Waals surface area contributed by atoms with Crippen LogP contribution in [0.25, 0.3) is 11.1 Å². The van der Waals surface area contributed by atoms with Gasteiger partial charge < -0.3 is 10.1 Å². The molecule has 0 spiro atoms. The van der Waals surface area contributed by atoms with Gasteiger partial charge in [0.2, 0.25) is 0 Å². The van der Waals surface area contributed by atoms with Crippen molar-refractivity contribution in [3.05, 3.63) is 48.5 Å². The van der Waals surface area contributed by atoms with Crippen LogP contribution in [0.5, 0.6) is 5.75 Å². The molecule has 1 fully saturated rings. The Labute approximate surface area is 135 Å². The maximum Gasteiger partial charge on any atom is 0.267 e. The van der Waals surface area contributed by atoms with Crippen molar-refractivity contribution in [3.63, 3.8) is 0 Å². The van der Waals surface area contributed by atoms with Gasteiger partial charge in [0, 0.05) is 18.2 Å². The molecular weight excluding hydrogens is 290 g/mol. The number of hydrazone groups is 1. The van der Waals surface area contributed by atoms with Gasteiger partial charge in [-0.25, -0.2) is 0 Å². The first kappa shape index (κ1) is 15.1. The number of anilines is 1. The molecule has 1 aliphatic rings. The Hall–Kier alpha value is -2.82. The lowest BCUT2D eigenvalue weighted by atomic mass is 10.0. The molecule has 3 rings (SSSR count). The van der Waals surface area contributed by atoms with Crippen molar-refractivity contribution >= 4 is 17.3 Å². The summed E-state index contributed by atoms with van der Waals surface area (Å²) >= 11 is 0. The highest BCUT2D eigenvalue weighted by Crippen LogP contribution is 2.31. The molecule has 0 aromatic heterocycles. The van der Waals surface area contributed by atoms with Gasteiger partial charge >= 0.3 is 0 Å². The summed E-state index contributed by atoms with van der Waals surface area (Å²) in [4.78, 5) is 11.8. The number of rotatable bonds is 4. The summed E-state index contributed by atoms with van der Waals surface area (Å²) in [7, 11) is 1.63. The summed E-state index contributed by atoms with van der Waals surface area (Å²) in [6, 6.07) is 15.8.